The molecule has 5 heteroatoms. The van der Waals surface area contributed by atoms with Crippen LogP contribution in [-0.2, 0) is 7.05 Å². The van der Waals surface area contributed by atoms with Crippen molar-refractivity contribution in [2.24, 2.45) is 7.05 Å². The van der Waals surface area contributed by atoms with Crippen molar-refractivity contribution < 1.29 is 0 Å². The standard InChI is InChI=1S/C12H11N3S2/c1-7-12(16)17-11(14-7)8-3-4-10-9(5-8)13-6-15(10)2/h3-6,16H,1-2H3. The van der Waals surface area contributed by atoms with Crippen molar-refractivity contribution in [3.8, 4) is 10.6 Å². The Morgan fingerprint density at radius 1 is 1.35 bits per heavy atom. The van der Waals surface area contributed by atoms with Gasteiger partial charge in [0.15, 0.2) is 0 Å². The van der Waals surface area contributed by atoms with Gasteiger partial charge >= 0.3 is 0 Å². The molecule has 0 radical (unpaired) electrons. The summed E-state index contributed by atoms with van der Waals surface area (Å²) < 4.78 is 2.98. The molecular formula is C12H11N3S2. The Bertz CT molecular complexity index is 677. The molecule has 0 N–H and O–H groups in total. The Morgan fingerprint density at radius 3 is 2.88 bits per heavy atom. The Hall–Kier alpha value is -1.33. The molecule has 3 aromatic rings. The zero-order valence-electron chi connectivity index (χ0n) is 9.51. The van der Waals surface area contributed by atoms with E-state index >= 15 is 0 Å². The van der Waals surface area contributed by atoms with Crippen LogP contribution in [0.3, 0.4) is 0 Å². The summed E-state index contributed by atoms with van der Waals surface area (Å²) in [6.45, 7) is 1.97. The molecular weight excluding hydrogens is 250 g/mol. The number of aromatic nitrogens is 3. The average Bonchev–Trinajstić information content (AvgIpc) is 2.84. The van der Waals surface area contributed by atoms with Crippen molar-refractivity contribution in [3.05, 3.63) is 30.2 Å². The van der Waals surface area contributed by atoms with Crippen molar-refractivity contribution >= 4 is 35.0 Å². The highest BCUT2D eigenvalue weighted by atomic mass is 32.2. The van der Waals surface area contributed by atoms with Crippen LogP contribution in [0.4, 0.5) is 0 Å². The first-order chi connectivity index (χ1) is 8.15. The number of thiazole rings is 1. The number of imidazole rings is 1. The summed E-state index contributed by atoms with van der Waals surface area (Å²) >= 11 is 5.98. The number of fused-ring (bicyclic) bond motifs is 1. The third kappa shape index (κ3) is 1.75. The van der Waals surface area contributed by atoms with Crippen molar-refractivity contribution in [1.29, 1.82) is 0 Å². The molecule has 0 spiro atoms. The minimum Gasteiger partial charge on any atom is -0.334 e. The lowest BCUT2D eigenvalue weighted by Gasteiger charge is -1.97. The maximum absolute atomic E-state index is 4.50. The SMILES string of the molecule is Cc1nc(-c2ccc3c(c2)ncn3C)sc1S. The topological polar surface area (TPSA) is 30.7 Å². The third-order valence-corrected chi connectivity index (χ3v) is 4.35. The van der Waals surface area contributed by atoms with Crippen molar-refractivity contribution in [3.63, 3.8) is 0 Å². The van der Waals surface area contributed by atoms with Crippen LogP contribution in [0.15, 0.2) is 28.7 Å². The second-order valence-corrected chi connectivity index (χ2v) is 5.72. The van der Waals surface area contributed by atoms with Crippen molar-refractivity contribution in [2.45, 2.75) is 11.1 Å². The van der Waals surface area contributed by atoms with Crippen LogP contribution in [0.25, 0.3) is 21.6 Å². The maximum Gasteiger partial charge on any atom is 0.124 e. The molecule has 0 saturated heterocycles. The Morgan fingerprint density at radius 2 is 2.18 bits per heavy atom. The van der Waals surface area contributed by atoms with Gasteiger partial charge in [-0.3, -0.25) is 0 Å². The Balaban J connectivity index is 2.17. The Kier molecular flexibility index (Phi) is 2.45. The minimum atomic E-state index is 0.973. The van der Waals surface area contributed by atoms with Crippen molar-refractivity contribution in [2.75, 3.05) is 0 Å². The van der Waals surface area contributed by atoms with E-state index in [1.807, 2.05) is 24.9 Å². The lowest BCUT2D eigenvalue weighted by molar-refractivity contribution is 0.948. The summed E-state index contributed by atoms with van der Waals surface area (Å²) in [6.07, 6.45) is 1.82. The fourth-order valence-corrected chi connectivity index (χ4v) is 2.89. The smallest absolute Gasteiger partial charge is 0.124 e. The highest BCUT2D eigenvalue weighted by Gasteiger charge is 2.08. The summed E-state index contributed by atoms with van der Waals surface area (Å²) in [7, 11) is 1.99. The quantitative estimate of drug-likeness (QED) is 0.681. The molecule has 17 heavy (non-hydrogen) atoms. The Labute approximate surface area is 109 Å². The summed E-state index contributed by atoms with van der Waals surface area (Å²) in [6, 6.07) is 6.23. The molecule has 3 rings (SSSR count). The minimum absolute atomic E-state index is 0.973. The summed E-state index contributed by atoms with van der Waals surface area (Å²) in [5.41, 5.74) is 4.21. The second kappa shape index (κ2) is 3.85. The lowest BCUT2D eigenvalue weighted by atomic mass is 10.2. The molecule has 2 aromatic heterocycles. The molecule has 0 saturated carbocycles. The highest BCUT2D eigenvalue weighted by molar-refractivity contribution is 7.83. The molecule has 2 heterocycles. The fourth-order valence-electron chi connectivity index (χ4n) is 1.78. The van der Waals surface area contributed by atoms with Gasteiger partial charge in [0.2, 0.25) is 0 Å². The molecule has 0 aliphatic rings. The van der Waals surface area contributed by atoms with Gasteiger partial charge in [-0.15, -0.1) is 24.0 Å². The largest absolute Gasteiger partial charge is 0.334 e. The fraction of sp³-hybridized carbons (Fsp3) is 0.167. The number of benzene rings is 1. The zero-order chi connectivity index (χ0) is 12.0. The van der Waals surface area contributed by atoms with E-state index in [1.54, 1.807) is 11.3 Å². The number of thiol groups is 1. The maximum atomic E-state index is 4.50. The molecule has 0 atom stereocenters. The molecule has 0 unspecified atom stereocenters. The van der Waals surface area contributed by atoms with Crippen LogP contribution in [0.5, 0.6) is 0 Å². The van der Waals surface area contributed by atoms with Gasteiger partial charge in [0.05, 0.1) is 27.3 Å². The van der Waals surface area contributed by atoms with Crippen LogP contribution in [0.2, 0.25) is 0 Å². The molecule has 86 valence electrons. The molecule has 0 bridgehead atoms. The van der Waals surface area contributed by atoms with Crippen LogP contribution < -0.4 is 0 Å². The predicted molar refractivity (Wildman–Crippen MR) is 73.8 cm³/mol. The lowest BCUT2D eigenvalue weighted by Crippen LogP contribution is -1.83. The average molecular weight is 261 g/mol. The van der Waals surface area contributed by atoms with E-state index in [9.17, 15) is 0 Å². The summed E-state index contributed by atoms with van der Waals surface area (Å²) in [5, 5.41) is 1.00. The van der Waals surface area contributed by atoms with Gasteiger partial charge in [0.25, 0.3) is 0 Å². The molecule has 1 aromatic carbocycles. The van der Waals surface area contributed by atoms with Gasteiger partial charge < -0.3 is 4.57 Å². The van der Waals surface area contributed by atoms with Gasteiger partial charge in [0, 0.05) is 12.6 Å². The van der Waals surface area contributed by atoms with E-state index in [1.165, 1.54) is 0 Å². The predicted octanol–water partition coefficient (Wildman–Crippen LogP) is 3.29. The van der Waals surface area contributed by atoms with Gasteiger partial charge in [-0.1, -0.05) is 0 Å². The third-order valence-electron chi connectivity index (χ3n) is 2.74. The highest BCUT2D eigenvalue weighted by Crippen LogP contribution is 2.31. The van der Waals surface area contributed by atoms with Crippen LogP contribution >= 0.6 is 24.0 Å². The van der Waals surface area contributed by atoms with E-state index in [0.717, 1.165) is 31.5 Å². The summed E-state index contributed by atoms with van der Waals surface area (Å²) in [5.74, 6) is 0. The van der Waals surface area contributed by atoms with Gasteiger partial charge in [0.1, 0.15) is 5.01 Å². The van der Waals surface area contributed by atoms with E-state index in [4.69, 9.17) is 0 Å². The zero-order valence-corrected chi connectivity index (χ0v) is 11.2. The first kappa shape index (κ1) is 10.8. The molecule has 3 nitrogen and oxygen atoms in total. The number of hydrogen-bond acceptors (Lipinski definition) is 4. The van der Waals surface area contributed by atoms with Gasteiger partial charge in [-0.25, -0.2) is 9.97 Å². The second-order valence-electron chi connectivity index (χ2n) is 3.97. The molecule has 0 aliphatic heterocycles. The van der Waals surface area contributed by atoms with Crippen LogP contribution in [0.1, 0.15) is 5.69 Å². The first-order valence-corrected chi connectivity index (χ1v) is 6.49. The van der Waals surface area contributed by atoms with Crippen LogP contribution in [0, 0.1) is 6.92 Å². The first-order valence-electron chi connectivity index (χ1n) is 5.23. The number of hydrogen-bond donors (Lipinski definition) is 1. The molecule has 0 amide bonds. The van der Waals surface area contributed by atoms with Crippen LogP contribution in [-0.4, -0.2) is 14.5 Å². The molecule has 0 fully saturated rings. The monoisotopic (exact) mass is 261 g/mol. The van der Waals surface area contributed by atoms with E-state index in [-0.39, 0.29) is 0 Å². The van der Waals surface area contributed by atoms with E-state index < -0.39 is 0 Å². The molecule has 0 aliphatic carbocycles. The van der Waals surface area contributed by atoms with Gasteiger partial charge in [-0.05, 0) is 25.1 Å². The van der Waals surface area contributed by atoms with E-state index in [0.29, 0.717) is 0 Å². The van der Waals surface area contributed by atoms with Gasteiger partial charge in [-0.2, -0.15) is 0 Å². The normalized spacial score (nSPS) is 11.2. The van der Waals surface area contributed by atoms with E-state index in [2.05, 4.69) is 40.8 Å². The van der Waals surface area contributed by atoms with Crippen molar-refractivity contribution in [1.82, 2.24) is 14.5 Å². The number of aryl methyl sites for hydroxylation is 2. The summed E-state index contributed by atoms with van der Waals surface area (Å²) in [4.78, 5) is 8.86. The number of rotatable bonds is 1. The number of nitrogens with zero attached hydrogens (tertiary/aromatic N) is 3.